The largest absolute Gasteiger partial charge is 0.482 e. The third kappa shape index (κ3) is 3.14. The van der Waals surface area contributed by atoms with Crippen LogP contribution in [0.15, 0.2) is 40.9 Å². The van der Waals surface area contributed by atoms with Crippen molar-refractivity contribution in [2.75, 3.05) is 0 Å². The highest BCUT2D eigenvalue weighted by Crippen LogP contribution is 2.31. The van der Waals surface area contributed by atoms with E-state index in [4.69, 9.17) is 4.74 Å². The summed E-state index contributed by atoms with van der Waals surface area (Å²) in [6, 6.07) is 8.95. The smallest absolute Gasteiger partial charge is 0.311 e. The van der Waals surface area contributed by atoms with Crippen molar-refractivity contribution >= 4 is 21.6 Å². The van der Waals surface area contributed by atoms with Crippen molar-refractivity contribution in [2.24, 2.45) is 0 Å². The molecule has 2 rings (SSSR count). The molecule has 0 heterocycles. The number of nitrogens with zero attached hydrogens (tertiary/aromatic N) is 1. The maximum atomic E-state index is 13.0. The molecule has 0 saturated carbocycles. The molecule has 0 atom stereocenters. The summed E-state index contributed by atoms with van der Waals surface area (Å²) < 4.78 is 19.1. The SMILES string of the molecule is Cc1cccc([N+](=O)[O-])c1OCc1ccc(F)cc1Br. The molecule has 0 aliphatic rings. The van der Waals surface area contributed by atoms with Crippen molar-refractivity contribution in [3.63, 3.8) is 0 Å². The highest BCUT2D eigenvalue weighted by Gasteiger charge is 2.17. The van der Waals surface area contributed by atoms with E-state index in [9.17, 15) is 14.5 Å². The molecule has 0 N–H and O–H groups in total. The van der Waals surface area contributed by atoms with Gasteiger partial charge in [0.2, 0.25) is 0 Å². The van der Waals surface area contributed by atoms with Crippen molar-refractivity contribution in [1.82, 2.24) is 0 Å². The first-order chi connectivity index (χ1) is 9.49. The van der Waals surface area contributed by atoms with Crippen LogP contribution in [0.3, 0.4) is 0 Å². The molecule has 0 bridgehead atoms. The Kier molecular flexibility index (Phi) is 4.34. The van der Waals surface area contributed by atoms with Gasteiger partial charge >= 0.3 is 5.69 Å². The van der Waals surface area contributed by atoms with Crippen molar-refractivity contribution < 1.29 is 14.1 Å². The molecule has 0 aliphatic heterocycles. The Morgan fingerprint density at radius 2 is 2.10 bits per heavy atom. The van der Waals surface area contributed by atoms with Gasteiger partial charge < -0.3 is 4.74 Å². The van der Waals surface area contributed by atoms with E-state index in [1.165, 1.54) is 18.2 Å². The lowest BCUT2D eigenvalue weighted by atomic mass is 10.2. The number of aryl methyl sites for hydroxylation is 1. The number of nitro benzene ring substituents is 1. The summed E-state index contributed by atoms with van der Waals surface area (Å²) >= 11 is 3.23. The van der Waals surface area contributed by atoms with Gasteiger partial charge in [-0.2, -0.15) is 0 Å². The first-order valence-corrected chi connectivity index (χ1v) is 6.59. The monoisotopic (exact) mass is 339 g/mol. The summed E-state index contributed by atoms with van der Waals surface area (Å²) in [7, 11) is 0. The molecule has 104 valence electrons. The van der Waals surface area contributed by atoms with Crippen molar-refractivity contribution in [3.8, 4) is 5.75 Å². The van der Waals surface area contributed by atoms with Gasteiger partial charge in [-0.1, -0.05) is 34.1 Å². The minimum absolute atomic E-state index is 0.0803. The van der Waals surface area contributed by atoms with E-state index in [-0.39, 0.29) is 23.9 Å². The van der Waals surface area contributed by atoms with Gasteiger partial charge in [0, 0.05) is 16.1 Å². The maximum Gasteiger partial charge on any atom is 0.311 e. The Morgan fingerprint density at radius 1 is 1.35 bits per heavy atom. The molecule has 2 aromatic carbocycles. The zero-order valence-corrected chi connectivity index (χ0v) is 12.2. The van der Waals surface area contributed by atoms with E-state index in [1.807, 2.05) is 0 Å². The summed E-state index contributed by atoms with van der Waals surface area (Å²) in [5.74, 6) is -0.128. The number of hydrogen-bond donors (Lipinski definition) is 0. The average Bonchev–Trinajstić information content (AvgIpc) is 2.38. The van der Waals surface area contributed by atoms with E-state index in [2.05, 4.69) is 15.9 Å². The van der Waals surface area contributed by atoms with Crippen LogP contribution in [0.25, 0.3) is 0 Å². The van der Waals surface area contributed by atoms with Gasteiger partial charge in [-0.05, 0) is 24.6 Å². The molecule has 4 nitrogen and oxygen atoms in total. The Balaban J connectivity index is 2.25. The normalized spacial score (nSPS) is 10.3. The van der Waals surface area contributed by atoms with E-state index < -0.39 is 4.92 Å². The first-order valence-electron chi connectivity index (χ1n) is 5.80. The van der Waals surface area contributed by atoms with Crippen LogP contribution >= 0.6 is 15.9 Å². The average molecular weight is 340 g/mol. The van der Waals surface area contributed by atoms with Crippen LogP contribution in [0.5, 0.6) is 5.75 Å². The summed E-state index contributed by atoms with van der Waals surface area (Å²) in [5.41, 5.74) is 1.31. The molecule has 0 amide bonds. The second kappa shape index (κ2) is 6.00. The molecular formula is C14H11BrFNO3. The maximum absolute atomic E-state index is 13.0. The number of para-hydroxylation sites is 1. The zero-order valence-electron chi connectivity index (χ0n) is 10.6. The fraction of sp³-hybridized carbons (Fsp3) is 0.143. The molecule has 0 aromatic heterocycles. The first kappa shape index (κ1) is 14.5. The number of rotatable bonds is 4. The van der Waals surface area contributed by atoms with Crippen LogP contribution in [0.2, 0.25) is 0 Å². The quantitative estimate of drug-likeness (QED) is 0.613. The predicted octanol–water partition coefficient (Wildman–Crippen LogP) is 4.38. The molecule has 6 heteroatoms. The van der Waals surface area contributed by atoms with Gasteiger partial charge in [0.1, 0.15) is 12.4 Å². The second-order valence-corrected chi connectivity index (χ2v) is 5.06. The lowest BCUT2D eigenvalue weighted by Crippen LogP contribution is -2.01. The van der Waals surface area contributed by atoms with Crippen LogP contribution in [0, 0.1) is 22.9 Å². The van der Waals surface area contributed by atoms with Crippen LogP contribution in [-0.2, 0) is 6.61 Å². The van der Waals surface area contributed by atoms with Crippen molar-refractivity contribution in [1.29, 1.82) is 0 Å². The van der Waals surface area contributed by atoms with Gasteiger partial charge in [-0.15, -0.1) is 0 Å². The summed E-state index contributed by atoms with van der Waals surface area (Å²) in [6.07, 6.45) is 0. The molecule has 0 unspecified atom stereocenters. The van der Waals surface area contributed by atoms with Crippen LogP contribution in [-0.4, -0.2) is 4.92 Å². The molecule has 0 spiro atoms. The van der Waals surface area contributed by atoms with Gasteiger partial charge in [0.05, 0.1) is 4.92 Å². The Morgan fingerprint density at radius 3 is 2.75 bits per heavy atom. The molecule has 20 heavy (non-hydrogen) atoms. The standard InChI is InChI=1S/C14H11BrFNO3/c1-9-3-2-4-13(17(18)19)14(9)20-8-10-5-6-11(16)7-12(10)15/h2-7H,8H2,1H3. The Hall–Kier alpha value is -1.95. The topological polar surface area (TPSA) is 52.4 Å². The van der Waals surface area contributed by atoms with E-state index in [0.717, 1.165) is 0 Å². The van der Waals surface area contributed by atoms with E-state index in [1.54, 1.807) is 25.1 Å². The zero-order chi connectivity index (χ0) is 14.7. The van der Waals surface area contributed by atoms with Crippen molar-refractivity contribution in [2.45, 2.75) is 13.5 Å². The summed E-state index contributed by atoms with van der Waals surface area (Å²) in [6.45, 7) is 1.86. The minimum atomic E-state index is -0.484. The summed E-state index contributed by atoms with van der Waals surface area (Å²) in [5, 5.41) is 11.0. The number of benzene rings is 2. The number of halogens is 2. The van der Waals surface area contributed by atoms with Crippen LogP contribution < -0.4 is 4.74 Å². The third-order valence-corrected chi connectivity index (χ3v) is 3.51. The molecule has 0 radical (unpaired) electrons. The van der Waals surface area contributed by atoms with Crippen molar-refractivity contribution in [3.05, 3.63) is 67.9 Å². The molecule has 0 fully saturated rings. The fourth-order valence-electron chi connectivity index (χ4n) is 1.76. The molecule has 0 aliphatic carbocycles. The van der Waals surface area contributed by atoms with Gasteiger partial charge in [0.25, 0.3) is 0 Å². The highest BCUT2D eigenvalue weighted by atomic mass is 79.9. The molecule has 0 saturated heterocycles. The molecule has 2 aromatic rings. The molecular weight excluding hydrogens is 329 g/mol. The minimum Gasteiger partial charge on any atom is -0.482 e. The van der Waals surface area contributed by atoms with E-state index >= 15 is 0 Å². The van der Waals surface area contributed by atoms with E-state index in [0.29, 0.717) is 15.6 Å². The van der Waals surface area contributed by atoms with Gasteiger partial charge in [-0.3, -0.25) is 10.1 Å². The Bertz CT molecular complexity index is 661. The number of nitro groups is 1. The number of hydrogen-bond acceptors (Lipinski definition) is 3. The van der Waals surface area contributed by atoms with Gasteiger partial charge in [-0.25, -0.2) is 4.39 Å². The lowest BCUT2D eigenvalue weighted by Gasteiger charge is -2.10. The van der Waals surface area contributed by atoms with Crippen LogP contribution in [0.4, 0.5) is 10.1 Å². The van der Waals surface area contributed by atoms with Crippen LogP contribution in [0.1, 0.15) is 11.1 Å². The lowest BCUT2D eigenvalue weighted by molar-refractivity contribution is -0.386. The fourth-order valence-corrected chi connectivity index (χ4v) is 2.22. The predicted molar refractivity (Wildman–Crippen MR) is 76.3 cm³/mol. The van der Waals surface area contributed by atoms with Gasteiger partial charge in [0.15, 0.2) is 5.75 Å². The second-order valence-electron chi connectivity index (χ2n) is 4.20. The highest BCUT2D eigenvalue weighted by molar-refractivity contribution is 9.10. The summed E-state index contributed by atoms with van der Waals surface area (Å²) in [4.78, 5) is 10.5. The Labute approximate surface area is 123 Å². The third-order valence-electron chi connectivity index (χ3n) is 2.77. The number of ether oxygens (including phenoxy) is 1.